The van der Waals surface area contributed by atoms with E-state index in [9.17, 15) is 9.90 Å². The number of hydrogen-bond acceptors (Lipinski definition) is 3. The minimum absolute atomic E-state index is 0.0284. The van der Waals surface area contributed by atoms with Gasteiger partial charge in [0.1, 0.15) is 0 Å². The number of rotatable bonds is 3. The van der Waals surface area contributed by atoms with Gasteiger partial charge in [-0.05, 0) is 52.2 Å². The van der Waals surface area contributed by atoms with Crippen molar-refractivity contribution >= 4 is 5.91 Å². The van der Waals surface area contributed by atoms with Crippen molar-refractivity contribution in [2.24, 2.45) is 11.8 Å². The molecule has 1 aromatic rings. The van der Waals surface area contributed by atoms with Gasteiger partial charge in [0.25, 0.3) is 0 Å². The predicted molar refractivity (Wildman–Crippen MR) is 87.8 cm³/mol. The lowest BCUT2D eigenvalue weighted by Crippen LogP contribution is -2.66. The van der Waals surface area contributed by atoms with E-state index in [4.69, 9.17) is 0 Å². The van der Waals surface area contributed by atoms with Crippen LogP contribution in [0, 0.1) is 18.8 Å². The van der Waals surface area contributed by atoms with E-state index < -0.39 is 11.0 Å². The molecule has 4 nitrogen and oxygen atoms in total. The quantitative estimate of drug-likeness (QED) is 0.842. The van der Waals surface area contributed by atoms with Crippen molar-refractivity contribution in [3.05, 3.63) is 41.2 Å². The minimum atomic E-state index is -0.653. The highest BCUT2D eigenvalue weighted by atomic mass is 16.3. The van der Waals surface area contributed by atoms with E-state index in [-0.39, 0.29) is 11.9 Å². The molecule has 5 aliphatic rings. The lowest BCUT2D eigenvalue weighted by molar-refractivity contribution is -0.132. The number of carbonyl (C=O) groups excluding carboxylic acids is 1. The summed E-state index contributed by atoms with van der Waals surface area (Å²) in [6.45, 7) is 5.80. The Bertz CT molecular complexity index is 691. The molecule has 2 N–H and O–H groups in total. The lowest BCUT2D eigenvalue weighted by Gasteiger charge is -2.60. The van der Waals surface area contributed by atoms with Crippen molar-refractivity contribution in [1.29, 1.82) is 0 Å². The first-order valence-corrected chi connectivity index (χ1v) is 8.48. The summed E-state index contributed by atoms with van der Waals surface area (Å²) in [7, 11) is 0. The molecule has 0 aromatic carbocycles. The van der Waals surface area contributed by atoms with Gasteiger partial charge >= 0.3 is 0 Å². The number of fused-ring (bicyclic) bond motifs is 1. The Balaban J connectivity index is 1.51. The van der Waals surface area contributed by atoms with Crippen LogP contribution in [0.2, 0.25) is 0 Å². The molecule has 4 atom stereocenters. The maximum absolute atomic E-state index is 12.9. The van der Waals surface area contributed by atoms with E-state index in [2.05, 4.69) is 16.4 Å². The summed E-state index contributed by atoms with van der Waals surface area (Å²) >= 11 is 0. The van der Waals surface area contributed by atoms with Crippen LogP contribution < -0.4 is 5.32 Å². The molecule has 0 saturated heterocycles. The summed E-state index contributed by atoms with van der Waals surface area (Å²) in [6.07, 6.45) is 4.57. The fourth-order valence-corrected chi connectivity index (χ4v) is 4.56. The number of aryl methyl sites for hydroxylation is 1. The summed E-state index contributed by atoms with van der Waals surface area (Å²) in [5.74, 6) is 0.691. The van der Waals surface area contributed by atoms with Gasteiger partial charge in [-0.1, -0.05) is 17.7 Å². The summed E-state index contributed by atoms with van der Waals surface area (Å²) in [4.78, 5) is 17.4. The van der Waals surface area contributed by atoms with E-state index in [1.54, 1.807) is 0 Å². The smallest absolute Gasteiger partial charge is 0.231 e. The van der Waals surface area contributed by atoms with Crippen LogP contribution >= 0.6 is 0 Å². The number of nitrogens with zero attached hydrogens (tertiary/aromatic N) is 1. The first-order chi connectivity index (χ1) is 10.8. The molecule has 3 saturated carbocycles. The highest BCUT2D eigenvalue weighted by Crippen LogP contribution is 2.58. The molecule has 5 aliphatic carbocycles. The lowest BCUT2D eigenvalue weighted by atomic mass is 9.49. The highest BCUT2D eigenvalue weighted by Gasteiger charge is 2.59. The van der Waals surface area contributed by atoms with Crippen molar-refractivity contribution in [1.82, 2.24) is 10.3 Å². The second-order valence-electron chi connectivity index (χ2n) is 8.04. The fourth-order valence-electron chi connectivity index (χ4n) is 4.56. The molecule has 6 rings (SSSR count). The van der Waals surface area contributed by atoms with Crippen LogP contribution in [0.25, 0.3) is 0 Å². The van der Waals surface area contributed by atoms with Crippen LogP contribution in [0.15, 0.2) is 29.8 Å². The third-order valence-corrected chi connectivity index (χ3v) is 6.03. The summed E-state index contributed by atoms with van der Waals surface area (Å²) < 4.78 is 0. The average molecular weight is 312 g/mol. The Hall–Kier alpha value is -1.68. The number of pyridine rings is 1. The van der Waals surface area contributed by atoms with Gasteiger partial charge in [-0.3, -0.25) is 9.78 Å². The van der Waals surface area contributed by atoms with Crippen LogP contribution in [0.5, 0.6) is 0 Å². The maximum Gasteiger partial charge on any atom is 0.231 e. The van der Waals surface area contributed by atoms with Crippen LogP contribution in [-0.2, 0) is 10.2 Å². The third-order valence-electron chi connectivity index (χ3n) is 6.03. The van der Waals surface area contributed by atoms with Crippen LogP contribution in [0.3, 0.4) is 0 Å². The third kappa shape index (κ3) is 2.15. The van der Waals surface area contributed by atoms with Gasteiger partial charge in [0.2, 0.25) is 5.91 Å². The molecule has 4 bridgehead atoms. The molecule has 1 aromatic heterocycles. The van der Waals surface area contributed by atoms with Gasteiger partial charge in [0, 0.05) is 23.6 Å². The summed E-state index contributed by atoms with van der Waals surface area (Å²) in [5, 5.41) is 13.7. The Morgan fingerprint density at radius 3 is 2.65 bits per heavy atom. The fraction of sp³-hybridized carbons (Fsp3) is 0.579. The molecule has 1 heterocycles. The van der Waals surface area contributed by atoms with Crippen molar-refractivity contribution in [3.63, 3.8) is 0 Å². The van der Waals surface area contributed by atoms with Gasteiger partial charge in [0.05, 0.1) is 16.7 Å². The minimum Gasteiger partial charge on any atom is -0.390 e. The first-order valence-electron chi connectivity index (χ1n) is 8.48. The van der Waals surface area contributed by atoms with Gasteiger partial charge < -0.3 is 10.4 Å². The van der Waals surface area contributed by atoms with Crippen molar-refractivity contribution in [3.8, 4) is 0 Å². The Morgan fingerprint density at radius 2 is 2.04 bits per heavy atom. The van der Waals surface area contributed by atoms with Gasteiger partial charge in [-0.25, -0.2) is 0 Å². The zero-order valence-electron chi connectivity index (χ0n) is 14.0. The molecule has 0 spiro atoms. The average Bonchev–Trinajstić information content (AvgIpc) is 2.51. The number of hydrogen-bond donors (Lipinski definition) is 2. The van der Waals surface area contributed by atoms with Crippen LogP contribution in [0.4, 0.5) is 0 Å². The second-order valence-corrected chi connectivity index (χ2v) is 8.04. The standard InChI is InChI=1S/C19H24N2O2/c1-11-5-4-6-15(20-11)18(2,3)17(22)21-16-13-9-19(23)8-7-12(13)14(16)10-19/h4-7,13-14,16,23H,8-10H2,1-3H3,(H,21,22)/t13-,14+,16?,19?. The summed E-state index contributed by atoms with van der Waals surface area (Å²) in [6, 6.07) is 5.99. The van der Waals surface area contributed by atoms with Crippen molar-refractivity contribution in [2.75, 3.05) is 0 Å². The van der Waals surface area contributed by atoms with Crippen molar-refractivity contribution in [2.45, 2.75) is 57.1 Å². The number of nitrogens with one attached hydrogen (secondary N) is 1. The highest BCUT2D eigenvalue weighted by molar-refractivity contribution is 5.87. The Labute approximate surface area is 137 Å². The monoisotopic (exact) mass is 312 g/mol. The van der Waals surface area contributed by atoms with Gasteiger partial charge in [0.15, 0.2) is 0 Å². The molecule has 4 heteroatoms. The predicted octanol–water partition coefficient (Wildman–Crippen LogP) is 2.25. The molecular formula is C19H24N2O2. The molecule has 122 valence electrons. The van der Waals surface area contributed by atoms with E-state index in [1.165, 1.54) is 5.57 Å². The van der Waals surface area contributed by atoms with E-state index in [0.29, 0.717) is 11.8 Å². The maximum atomic E-state index is 12.9. The second kappa shape index (κ2) is 4.67. The number of aliphatic hydroxyl groups is 1. The zero-order valence-corrected chi connectivity index (χ0v) is 14.0. The number of aromatic nitrogens is 1. The molecule has 23 heavy (non-hydrogen) atoms. The Kier molecular flexibility index (Phi) is 3.02. The van der Waals surface area contributed by atoms with E-state index >= 15 is 0 Å². The molecule has 3 fully saturated rings. The molecule has 1 amide bonds. The summed E-state index contributed by atoms with van der Waals surface area (Å²) in [5.41, 5.74) is 2.01. The van der Waals surface area contributed by atoms with Crippen molar-refractivity contribution < 1.29 is 9.90 Å². The molecular weight excluding hydrogens is 288 g/mol. The SMILES string of the molecule is Cc1cccc(C(C)(C)C(=O)NC2[C@@H]3CC4(O)CC=C3[C@@H]2C4)n1. The van der Waals surface area contributed by atoms with E-state index in [0.717, 1.165) is 30.7 Å². The largest absolute Gasteiger partial charge is 0.390 e. The first kappa shape index (κ1) is 14.9. The topological polar surface area (TPSA) is 62.2 Å². The molecule has 0 aliphatic heterocycles. The van der Waals surface area contributed by atoms with Crippen LogP contribution in [0.1, 0.15) is 44.5 Å². The molecule has 0 radical (unpaired) electrons. The zero-order chi connectivity index (χ0) is 16.4. The molecule has 2 unspecified atom stereocenters. The number of amides is 1. The van der Waals surface area contributed by atoms with Gasteiger partial charge in [-0.15, -0.1) is 0 Å². The number of carbonyl (C=O) groups is 1. The normalized spacial score (nSPS) is 34.6. The van der Waals surface area contributed by atoms with Crippen LogP contribution in [-0.4, -0.2) is 27.6 Å². The van der Waals surface area contributed by atoms with E-state index in [1.807, 2.05) is 39.0 Å². The Morgan fingerprint density at radius 1 is 1.35 bits per heavy atom. The van der Waals surface area contributed by atoms with Gasteiger partial charge in [-0.2, -0.15) is 0 Å².